The van der Waals surface area contributed by atoms with E-state index in [0.29, 0.717) is 12.0 Å². The van der Waals surface area contributed by atoms with Crippen LogP contribution >= 0.6 is 0 Å². The van der Waals surface area contributed by atoms with E-state index < -0.39 is 9.84 Å². The molecule has 7 heteroatoms. The van der Waals surface area contributed by atoms with Gasteiger partial charge in [-0.1, -0.05) is 31.2 Å². The molecule has 1 N–H and O–H groups in total. The lowest BCUT2D eigenvalue weighted by Gasteiger charge is -2.26. The number of morpholine rings is 1. The van der Waals surface area contributed by atoms with Gasteiger partial charge in [0.1, 0.15) is 0 Å². The molecule has 0 saturated carbocycles. The van der Waals surface area contributed by atoms with Crippen LogP contribution in [0.1, 0.15) is 40.9 Å². The summed E-state index contributed by atoms with van der Waals surface area (Å²) in [6, 6.07) is 14.2. The van der Waals surface area contributed by atoms with Gasteiger partial charge in [0.15, 0.2) is 9.84 Å². The normalized spacial score (nSPS) is 16.3. The van der Waals surface area contributed by atoms with E-state index in [1.54, 1.807) is 24.3 Å². The molecule has 0 aromatic heterocycles. The molecule has 2 aromatic carbocycles. The highest BCUT2D eigenvalue weighted by atomic mass is 32.2. The fraction of sp³-hybridized carbons (Fsp3) is 0.409. The van der Waals surface area contributed by atoms with Gasteiger partial charge in [-0.05, 0) is 41.8 Å². The van der Waals surface area contributed by atoms with Gasteiger partial charge in [-0.25, -0.2) is 8.42 Å². The van der Waals surface area contributed by atoms with E-state index in [0.717, 1.165) is 44.0 Å². The van der Waals surface area contributed by atoms with Crippen LogP contribution in [-0.4, -0.2) is 51.8 Å². The van der Waals surface area contributed by atoms with Gasteiger partial charge in [-0.2, -0.15) is 0 Å². The molecule has 1 fully saturated rings. The first-order valence-electron chi connectivity index (χ1n) is 9.86. The molecular formula is C22H28N2O4S. The Balaban J connectivity index is 1.68. The van der Waals surface area contributed by atoms with Crippen LogP contribution in [0.15, 0.2) is 53.4 Å². The van der Waals surface area contributed by atoms with Crippen molar-refractivity contribution < 1.29 is 17.9 Å². The molecule has 1 amide bonds. The first kappa shape index (κ1) is 21.5. The highest BCUT2D eigenvalue weighted by molar-refractivity contribution is 7.90. The van der Waals surface area contributed by atoms with Crippen LogP contribution in [0.2, 0.25) is 0 Å². The first-order chi connectivity index (χ1) is 13.9. The van der Waals surface area contributed by atoms with E-state index in [1.807, 2.05) is 31.2 Å². The zero-order chi connectivity index (χ0) is 20.9. The van der Waals surface area contributed by atoms with Crippen LogP contribution in [0.5, 0.6) is 0 Å². The van der Waals surface area contributed by atoms with E-state index in [-0.39, 0.29) is 16.8 Å². The summed E-state index contributed by atoms with van der Waals surface area (Å²) in [5.74, 6) is -0.132. The van der Waals surface area contributed by atoms with Crippen molar-refractivity contribution in [3.8, 4) is 0 Å². The fourth-order valence-electron chi connectivity index (χ4n) is 3.44. The predicted molar refractivity (Wildman–Crippen MR) is 113 cm³/mol. The van der Waals surface area contributed by atoms with Crippen molar-refractivity contribution in [3.63, 3.8) is 0 Å². The van der Waals surface area contributed by atoms with E-state index in [4.69, 9.17) is 4.74 Å². The number of ether oxygens (including phenoxy) is 1. The maximum absolute atomic E-state index is 12.8. The second kappa shape index (κ2) is 9.52. The second-order valence-corrected chi connectivity index (χ2v) is 9.38. The number of benzene rings is 2. The van der Waals surface area contributed by atoms with Gasteiger partial charge in [0.05, 0.1) is 24.2 Å². The lowest BCUT2D eigenvalue weighted by Crippen LogP contribution is -2.35. The molecule has 1 aliphatic heterocycles. The van der Waals surface area contributed by atoms with Gasteiger partial charge in [0, 0.05) is 31.5 Å². The summed E-state index contributed by atoms with van der Waals surface area (Å²) < 4.78 is 28.7. The van der Waals surface area contributed by atoms with Crippen LogP contribution in [0.3, 0.4) is 0 Å². The Labute approximate surface area is 172 Å². The minimum Gasteiger partial charge on any atom is -0.379 e. The molecule has 0 radical (unpaired) electrons. The highest BCUT2D eigenvalue weighted by Gasteiger charge is 2.17. The molecule has 0 aliphatic carbocycles. The fourth-order valence-corrected chi connectivity index (χ4v) is 4.07. The summed E-state index contributed by atoms with van der Waals surface area (Å²) >= 11 is 0. The molecule has 2 aromatic rings. The van der Waals surface area contributed by atoms with Gasteiger partial charge in [-0.15, -0.1) is 0 Å². The topological polar surface area (TPSA) is 75.7 Å². The van der Waals surface area contributed by atoms with Gasteiger partial charge in [0.2, 0.25) is 0 Å². The number of carbonyl (C=O) groups excluding carboxylic acids is 1. The Bertz CT molecular complexity index is 936. The Morgan fingerprint density at radius 3 is 2.45 bits per heavy atom. The molecule has 1 atom stereocenters. The average Bonchev–Trinajstić information content (AvgIpc) is 2.72. The Morgan fingerprint density at radius 1 is 1.14 bits per heavy atom. The maximum atomic E-state index is 12.8. The third-order valence-corrected chi connectivity index (χ3v) is 6.25. The number of nitrogens with zero attached hydrogens (tertiary/aromatic N) is 1. The van der Waals surface area contributed by atoms with Gasteiger partial charge >= 0.3 is 0 Å². The number of amides is 1. The van der Waals surface area contributed by atoms with E-state index >= 15 is 0 Å². The van der Waals surface area contributed by atoms with E-state index in [9.17, 15) is 13.2 Å². The summed E-state index contributed by atoms with van der Waals surface area (Å²) in [7, 11) is -3.23. The second-order valence-electron chi connectivity index (χ2n) is 7.36. The number of rotatable bonds is 7. The van der Waals surface area contributed by atoms with Crippen LogP contribution in [0.4, 0.5) is 0 Å². The molecule has 6 nitrogen and oxygen atoms in total. The third kappa shape index (κ3) is 5.88. The molecule has 1 aliphatic rings. The van der Waals surface area contributed by atoms with Gasteiger partial charge < -0.3 is 10.1 Å². The number of nitrogens with one attached hydrogen (secondary N) is 1. The molecule has 3 rings (SSSR count). The first-order valence-corrected chi connectivity index (χ1v) is 11.8. The summed E-state index contributed by atoms with van der Waals surface area (Å²) in [5.41, 5.74) is 2.62. The SMILES string of the molecule is CCC(NC(=O)c1cccc(CN2CCOCC2)c1)c1ccc(S(C)(=O)=O)cc1. The monoisotopic (exact) mass is 416 g/mol. The smallest absolute Gasteiger partial charge is 0.251 e. The van der Waals surface area contributed by atoms with Crippen molar-refractivity contribution >= 4 is 15.7 Å². The number of carbonyl (C=O) groups is 1. The maximum Gasteiger partial charge on any atom is 0.251 e. The van der Waals surface area contributed by atoms with Crippen LogP contribution in [0.25, 0.3) is 0 Å². The van der Waals surface area contributed by atoms with E-state index in [1.165, 1.54) is 6.26 Å². The summed E-state index contributed by atoms with van der Waals surface area (Å²) in [6.07, 6.45) is 1.89. The zero-order valence-electron chi connectivity index (χ0n) is 16.9. The van der Waals surface area contributed by atoms with Crippen molar-refractivity contribution in [2.75, 3.05) is 32.6 Å². The van der Waals surface area contributed by atoms with Crippen molar-refractivity contribution in [2.24, 2.45) is 0 Å². The predicted octanol–water partition coefficient (Wildman–Crippen LogP) is 2.80. The molecular weight excluding hydrogens is 388 g/mol. The molecule has 0 spiro atoms. The summed E-state index contributed by atoms with van der Waals surface area (Å²) in [6.45, 7) is 6.08. The minimum atomic E-state index is -3.23. The molecule has 156 valence electrons. The Kier molecular flexibility index (Phi) is 7.05. The minimum absolute atomic E-state index is 0.132. The molecule has 0 bridgehead atoms. The van der Waals surface area contributed by atoms with Gasteiger partial charge in [0.25, 0.3) is 5.91 Å². The molecule has 29 heavy (non-hydrogen) atoms. The van der Waals surface area contributed by atoms with Crippen LogP contribution < -0.4 is 5.32 Å². The van der Waals surface area contributed by atoms with Crippen molar-refractivity contribution in [3.05, 3.63) is 65.2 Å². The van der Waals surface area contributed by atoms with Crippen LogP contribution in [0, 0.1) is 0 Å². The Morgan fingerprint density at radius 2 is 1.83 bits per heavy atom. The van der Waals surface area contributed by atoms with Crippen molar-refractivity contribution in [1.29, 1.82) is 0 Å². The van der Waals surface area contributed by atoms with Crippen molar-refractivity contribution in [2.45, 2.75) is 30.8 Å². The van der Waals surface area contributed by atoms with E-state index in [2.05, 4.69) is 10.2 Å². The Hall–Kier alpha value is -2.22. The molecule has 1 heterocycles. The third-order valence-electron chi connectivity index (χ3n) is 5.12. The number of sulfone groups is 1. The number of hydrogen-bond acceptors (Lipinski definition) is 5. The summed E-state index contributed by atoms with van der Waals surface area (Å²) in [5, 5.41) is 3.07. The van der Waals surface area contributed by atoms with Crippen LogP contribution in [-0.2, 0) is 21.1 Å². The molecule has 1 saturated heterocycles. The molecule has 1 unspecified atom stereocenters. The lowest BCUT2D eigenvalue weighted by atomic mass is 10.0. The average molecular weight is 417 g/mol. The summed E-state index contributed by atoms with van der Waals surface area (Å²) in [4.78, 5) is 15.4. The highest BCUT2D eigenvalue weighted by Crippen LogP contribution is 2.20. The zero-order valence-corrected chi connectivity index (χ0v) is 17.7. The largest absolute Gasteiger partial charge is 0.379 e. The van der Waals surface area contributed by atoms with Crippen molar-refractivity contribution in [1.82, 2.24) is 10.2 Å². The quantitative estimate of drug-likeness (QED) is 0.751. The lowest BCUT2D eigenvalue weighted by molar-refractivity contribution is 0.0342. The number of hydrogen-bond donors (Lipinski definition) is 1. The standard InChI is InChI=1S/C22H28N2O4S/c1-3-21(18-7-9-20(10-8-18)29(2,26)27)23-22(25)19-6-4-5-17(15-19)16-24-11-13-28-14-12-24/h4-10,15,21H,3,11-14,16H2,1-2H3,(H,23,25). The van der Waals surface area contributed by atoms with Gasteiger partial charge in [-0.3, -0.25) is 9.69 Å².